The lowest BCUT2D eigenvalue weighted by atomic mass is 10.1. The first-order chi connectivity index (χ1) is 5.29. The lowest BCUT2D eigenvalue weighted by Crippen LogP contribution is -1.87. The predicted octanol–water partition coefficient (Wildman–Crippen LogP) is 3.25. The Morgan fingerprint density at radius 3 is 2.91 bits per heavy atom. The van der Waals surface area contributed by atoms with Gasteiger partial charge in [0.15, 0.2) is 0 Å². The number of halogens is 1. The number of hydrogen-bond donors (Lipinski definition) is 0. The molecule has 1 aliphatic carbocycles. The first kappa shape index (κ1) is 7.35. The second-order valence-corrected chi connectivity index (χ2v) is 4.02. The SMILES string of the molecule is Cc1c(Br)ccc2c1CCC2. The zero-order valence-corrected chi connectivity index (χ0v) is 8.24. The van der Waals surface area contributed by atoms with Crippen molar-refractivity contribution in [3.8, 4) is 0 Å². The van der Waals surface area contributed by atoms with Gasteiger partial charge in [0.1, 0.15) is 0 Å². The summed E-state index contributed by atoms with van der Waals surface area (Å²) in [5.41, 5.74) is 4.59. The lowest BCUT2D eigenvalue weighted by Gasteiger charge is -2.04. The highest BCUT2D eigenvalue weighted by molar-refractivity contribution is 9.10. The summed E-state index contributed by atoms with van der Waals surface area (Å²) >= 11 is 3.55. The van der Waals surface area contributed by atoms with Gasteiger partial charge in [-0.15, -0.1) is 0 Å². The fraction of sp³-hybridized carbons (Fsp3) is 0.400. The molecule has 2 rings (SSSR count). The van der Waals surface area contributed by atoms with E-state index in [9.17, 15) is 0 Å². The summed E-state index contributed by atoms with van der Waals surface area (Å²) in [5.74, 6) is 0. The molecule has 0 aromatic heterocycles. The van der Waals surface area contributed by atoms with E-state index in [1.54, 1.807) is 11.1 Å². The van der Waals surface area contributed by atoms with Crippen LogP contribution in [0.15, 0.2) is 16.6 Å². The third-order valence-corrected chi connectivity index (χ3v) is 3.36. The number of benzene rings is 1. The second-order valence-electron chi connectivity index (χ2n) is 3.16. The van der Waals surface area contributed by atoms with Gasteiger partial charge in [0.25, 0.3) is 0 Å². The molecule has 1 aliphatic rings. The molecule has 0 bridgehead atoms. The van der Waals surface area contributed by atoms with E-state index in [1.165, 1.54) is 29.3 Å². The minimum atomic E-state index is 1.26. The summed E-state index contributed by atoms with van der Waals surface area (Å²) in [4.78, 5) is 0. The molecule has 1 aromatic rings. The van der Waals surface area contributed by atoms with Gasteiger partial charge in [0.05, 0.1) is 0 Å². The minimum absolute atomic E-state index is 1.26. The topological polar surface area (TPSA) is 0 Å². The van der Waals surface area contributed by atoms with E-state index in [0.717, 1.165) is 0 Å². The molecular weight excluding hydrogens is 200 g/mol. The van der Waals surface area contributed by atoms with Crippen molar-refractivity contribution in [1.29, 1.82) is 0 Å². The molecular formula is C10H11Br. The molecule has 0 N–H and O–H groups in total. The van der Waals surface area contributed by atoms with Crippen molar-refractivity contribution in [3.05, 3.63) is 33.3 Å². The van der Waals surface area contributed by atoms with E-state index < -0.39 is 0 Å². The Balaban J connectivity index is 2.62. The average Bonchev–Trinajstić information content (AvgIpc) is 2.45. The molecule has 0 aliphatic heterocycles. The Morgan fingerprint density at radius 1 is 1.27 bits per heavy atom. The molecule has 0 nitrogen and oxygen atoms in total. The maximum absolute atomic E-state index is 3.55. The van der Waals surface area contributed by atoms with Crippen LogP contribution in [0.2, 0.25) is 0 Å². The van der Waals surface area contributed by atoms with Gasteiger partial charge < -0.3 is 0 Å². The number of fused-ring (bicyclic) bond motifs is 1. The van der Waals surface area contributed by atoms with Crippen LogP contribution in [0.3, 0.4) is 0 Å². The van der Waals surface area contributed by atoms with Crippen LogP contribution >= 0.6 is 15.9 Å². The summed E-state index contributed by atoms with van der Waals surface area (Å²) < 4.78 is 1.26. The quantitative estimate of drug-likeness (QED) is 0.617. The average molecular weight is 211 g/mol. The van der Waals surface area contributed by atoms with Gasteiger partial charge in [-0.3, -0.25) is 0 Å². The van der Waals surface area contributed by atoms with Crippen LogP contribution < -0.4 is 0 Å². The summed E-state index contributed by atoms with van der Waals surface area (Å²) in [6.45, 7) is 2.20. The van der Waals surface area contributed by atoms with Crippen molar-refractivity contribution in [3.63, 3.8) is 0 Å². The Hall–Kier alpha value is -0.300. The van der Waals surface area contributed by atoms with Crippen LogP contribution in [0.25, 0.3) is 0 Å². The first-order valence-electron chi connectivity index (χ1n) is 4.06. The Morgan fingerprint density at radius 2 is 2.09 bits per heavy atom. The zero-order chi connectivity index (χ0) is 7.84. The molecule has 0 heterocycles. The molecule has 11 heavy (non-hydrogen) atoms. The molecule has 0 unspecified atom stereocenters. The zero-order valence-electron chi connectivity index (χ0n) is 6.65. The Bertz CT molecular complexity index is 289. The summed E-state index contributed by atoms with van der Waals surface area (Å²) in [6.07, 6.45) is 3.90. The van der Waals surface area contributed by atoms with Crippen molar-refractivity contribution in [1.82, 2.24) is 0 Å². The molecule has 1 heteroatoms. The largest absolute Gasteiger partial charge is 0.0576 e. The van der Waals surface area contributed by atoms with Gasteiger partial charge in [-0.1, -0.05) is 22.0 Å². The maximum Gasteiger partial charge on any atom is 0.0207 e. The molecule has 1 aromatic carbocycles. The Kier molecular flexibility index (Phi) is 1.76. The van der Waals surface area contributed by atoms with Gasteiger partial charge >= 0.3 is 0 Å². The van der Waals surface area contributed by atoms with Gasteiger partial charge in [0.2, 0.25) is 0 Å². The fourth-order valence-corrected chi connectivity index (χ4v) is 2.19. The van der Waals surface area contributed by atoms with Gasteiger partial charge in [-0.05, 0) is 48.9 Å². The molecule has 0 radical (unpaired) electrons. The normalized spacial score (nSPS) is 15.1. The second kappa shape index (κ2) is 2.63. The highest BCUT2D eigenvalue weighted by Crippen LogP contribution is 2.29. The van der Waals surface area contributed by atoms with E-state index in [4.69, 9.17) is 0 Å². The van der Waals surface area contributed by atoms with Crippen molar-refractivity contribution >= 4 is 15.9 Å². The lowest BCUT2D eigenvalue weighted by molar-refractivity contribution is 0.909. The third kappa shape index (κ3) is 1.12. The summed E-state index contributed by atoms with van der Waals surface area (Å²) in [5, 5.41) is 0. The van der Waals surface area contributed by atoms with Crippen LogP contribution in [0, 0.1) is 6.92 Å². The molecule has 0 spiro atoms. The molecule has 58 valence electrons. The third-order valence-electron chi connectivity index (χ3n) is 2.50. The van der Waals surface area contributed by atoms with Crippen LogP contribution in [-0.4, -0.2) is 0 Å². The fourth-order valence-electron chi connectivity index (χ4n) is 1.82. The summed E-state index contributed by atoms with van der Waals surface area (Å²) in [7, 11) is 0. The van der Waals surface area contributed by atoms with E-state index in [0.29, 0.717) is 0 Å². The minimum Gasteiger partial charge on any atom is -0.0576 e. The van der Waals surface area contributed by atoms with Gasteiger partial charge in [-0.25, -0.2) is 0 Å². The van der Waals surface area contributed by atoms with E-state index in [1.807, 2.05) is 0 Å². The van der Waals surface area contributed by atoms with E-state index in [-0.39, 0.29) is 0 Å². The molecule has 0 amide bonds. The number of rotatable bonds is 0. The van der Waals surface area contributed by atoms with E-state index >= 15 is 0 Å². The van der Waals surface area contributed by atoms with Crippen LogP contribution in [0.4, 0.5) is 0 Å². The van der Waals surface area contributed by atoms with Gasteiger partial charge in [0, 0.05) is 4.47 Å². The van der Waals surface area contributed by atoms with E-state index in [2.05, 4.69) is 35.0 Å². The summed E-state index contributed by atoms with van der Waals surface area (Å²) in [6, 6.07) is 4.42. The standard InChI is InChI=1S/C10H11Br/c1-7-9-4-2-3-8(9)5-6-10(7)11/h5-6H,2-4H2,1H3. The monoisotopic (exact) mass is 210 g/mol. The van der Waals surface area contributed by atoms with Crippen molar-refractivity contribution in [2.45, 2.75) is 26.2 Å². The van der Waals surface area contributed by atoms with Crippen molar-refractivity contribution in [2.24, 2.45) is 0 Å². The number of hydrogen-bond acceptors (Lipinski definition) is 0. The Labute approximate surface area is 75.8 Å². The van der Waals surface area contributed by atoms with Crippen molar-refractivity contribution in [2.75, 3.05) is 0 Å². The van der Waals surface area contributed by atoms with Gasteiger partial charge in [-0.2, -0.15) is 0 Å². The first-order valence-corrected chi connectivity index (χ1v) is 4.85. The van der Waals surface area contributed by atoms with Crippen molar-refractivity contribution < 1.29 is 0 Å². The molecule has 0 fully saturated rings. The van der Waals surface area contributed by atoms with Crippen LogP contribution in [0.1, 0.15) is 23.1 Å². The highest BCUT2D eigenvalue weighted by atomic mass is 79.9. The maximum atomic E-state index is 3.55. The highest BCUT2D eigenvalue weighted by Gasteiger charge is 2.13. The van der Waals surface area contributed by atoms with Crippen LogP contribution in [-0.2, 0) is 12.8 Å². The molecule has 0 saturated carbocycles. The molecule has 0 saturated heterocycles. The number of aryl methyl sites for hydroxylation is 1. The smallest absolute Gasteiger partial charge is 0.0207 e. The molecule has 0 atom stereocenters. The predicted molar refractivity (Wildman–Crippen MR) is 50.9 cm³/mol. The van der Waals surface area contributed by atoms with Crippen LogP contribution in [0.5, 0.6) is 0 Å².